The average Bonchev–Trinajstić information content (AvgIpc) is 2.37. The molecule has 5 heteroatoms. The molecule has 18 heavy (non-hydrogen) atoms. The predicted molar refractivity (Wildman–Crippen MR) is 76.4 cm³/mol. The maximum absolute atomic E-state index is 6.08. The summed E-state index contributed by atoms with van der Waals surface area (Å²) in [5.74, 6) is 2.01. The summed E-state index contributed by atoms with van der Waals surface area (Å²) < 4.78 is 0. The molecule has 3 nitrogen and oxygen atoms in total. The third-order valence-corrected chi connectivity index (χ3v) is 4.39. The molecule has 1 fully saturated rings. The van der Waals surface area contributed by atoms with Gasteiger partial charge in [0, 0.05) is 18.7 Å². The zero-order valence-corrected chi connectivity index (χ0v) is 12.4. The highest BCUT2D eigenvalue weighted by Crippen LogP contribution is 2.32. The Morgan fingerprint density at radius 1 is 1.39 bits per heavy atom. The van der Waals surface area contributed by atoms with E-state index in [1.54, 1.807) is 0 Å². The molecule has 1 saturated carbocycles. The Kier molecular flexibility index (Phi) is 4.68. The van der Waals surface area contributed by atoms with Crippen LogP contribution >= 0.6 is 23.2 Å². The van der Waals surface area contributed by atoms with E-state index >= 15 is 0 Å². The fourth-order valence-electron chi connectivity index (χ4n) is 2.73. The van der Waals surface area contributed by atoms with E-state index in [0.29, 0.717) is 17.1 Å². The van der Waals surface area contributed by atoms with E-state index in [4.69, 9.17) is 23.2 Å². The number of rotatable bonds is 3. The van der Waals surface area contributed by atoms with Crippen molar-refractivity contribution in [2.24, 2.45) is 5.92 Å². The molecule has 0 bridgehead atoms. The number of anilines is 1. The largest absolute Gasteiger partial charge is 0.356 e. The zero-order chi connectivity index (χ0) is 13.1. The highest BCUT2D eigenvalue weighted by molar-refractivity contribution is 6.31. The molecular formula is C13H19Cl2N3. The molecule has 2 unspecified atom stereocenters. The van der Waals surface area contributed by atoms with Gasteiger partial charge < -0.3 is 4.90 Å². The Hall–Kier alpha value is -0.540. The van der Waals surface area contributed by atoms with Gasteiger partial charge in [-0.1, -0.05) is 31.4 Å². The Morgan fingerprint density at radius 2 is 2.17 bits per heavy atom. The number of halogens is 2. The summed E-state index contributed by atoms with van der Waals surface area (Å²) in [6, 6.07) is 0.529. The third kappa shape index (κ3) is 2.89. The number of nitrogens with zero attached hydrogens (tertiary/aromatic N) is 3. The highest BCUT2D eigenvalue weighted by atomic mass is 35.5. The van der Waals surface area contributed by atoms with Crippen LogP contribution in [-0.2, 0) is 5.88 Å². The standard InChI is InChI=1S/C13H19Cl2N3/c1-9-4-3-5-10(6-9)18(2)13-11(7-14)12(15)16-8-17-13/h8-10H,3-7H2,1-2H3. The number of hydrogen-bond donors (Lipinski definition) is 0. The second-order valence-corrected chi connectivity index (χ2v) is 5.76. The van der Waals surface area contributed by atoms with Crippen LogP contribution in [0.5, 0.6) is 0 Å². The summed E-state index contributed by atoms with van der Waals surface area (Å²) in [6.07, 6.45) is 6.54. The summed E-state index contributed by atoms with van der Waals surface area (Å²) in [6.45, 7) is 2.31. The van der Waals surface area contributed by atoms with Crippen molar-refractivity contribution >= 4 is 29.0 Å². The smallest absolute Gasteiger partial charge is 0.138 e. The van der Waals surface area contributed by atoms with E-state index in [1.165, 1.54) is 32.0 Å². The molecule has 0 radical (unpaired) electrons. The van der Waals surface area contributed by atoms with E-state index in [2.05, 4.69) is 28.8 Å². The van der Waals surface area contributed by atoms with Gasteiger partial charge in [-0.25, -0.2) is 9.97 Å². The lowest BCUT2D eigenvalue weighted by atomic mass is 9.86. The van der Waals surface area contributed by atoms with Gasteiger partial charge in [0.1, 0.15) is 17.3 Å². The maximum Gasteiger partial charge on any atom is 0.138 e. The van der Waals surface area contributed by atoms with E-state index in [0.717, 1.165) is 17.3 Å². The Morgan fingerprint density at radius 3 is 2.83 bits per heavy atom. The third-order valence-electron chi connectivity index (χ3n) is 3.79. The van der Waals surface area contributed by atoms with Crippen LogP contribution in [0.2, 0.25) is 5.15 Å². The minimum atomic E-state index is 0.349. The van der Waals surface area contributed by atoms with Crippen molar-refractivity contribution in [1.82, 2.24) is 9.97 Å². The van der Waals surface area contributed by atoms with Crippen molar-refractivity contribution in [3.8, 4) is 0 Å². The molecule has 1 aliphatic carbocycles. The molecule has 1 heterocycles. The van der Waals surface area contributed by atoms with Crippen LogP contribution in [0.1, 0.15) is 38.2 Å². The Labute approximate surface area is 119 Å². The monoisotopic (exact) mass is 287 g/mol. The van der Waals surface area contributed by atoms with Crippen molar-refractivity contribution in [1.29, 1.82) is 0 Å². The summed E-state index contributed by atoms with van der Waals surface area (Å²) in [5.41, 5.74) is 0.835. The van der Waals surface area contributed by atoms with Crippen LogP contribution in [0.4, 0.5) is 5.82 Å². The maximum atomic E-state index is 6.08. The van der Waals surface area contributed by atoms with Gasteiger partial charge in [-0.15, -0.1) is 11.6 Å². The molecule has 0 aromatic carbocycles. The molecule has 0 aliphatic heterocycles. The lowest BCUT2D eigenvalue weighted by Gasteiger charge is -2.35. The van der Waals surface area contributed by atoms with Crippen LogP contribution in [0.25, 0.3) is 0 Å². The minimum Gasteiger partial charge on any atom is -0.356 e. The van der Waals surface area contributed by atoms with Gasteiger partial charge in [0.05, 0.1) is 5.88 Å². The van der Waals surface area contributed by atoms with Gasteiger partial charge in [-0.05, 0) is 18.8 Å². The van der Waals surface area contributed by atoms with Crippen molar-refractivity contribution in [2.75, 3.05) is 11.9 Å². The van der Waals surface area contributed by atoms with Crippen LogP contribution in [-0.4, -0.2) is 23.1 Å². The van der Waals surface area contributed by atoms with E-state index in [9.17, 15) is 0 Å². The molecule has 100 valence electrons. The molecule has 1 aromatic heterocycles. The normalized spacial score (nSPS) is 24.0. The fourth-order valence-corrected chi connectivity index (χ4v) is 3.24. The van der Waals surface area contributed by atoms with Crippen molar-refractivity contribution < 1.29 is 0 Å². The molecular weight excluding hydrogens is 269 g/mol. The van der Waals surface area contributed by atoms with E-state index < -0.39 is 0 Å². The number of hydrogen-bond acceptors (Lipinski definition) is 3. The fraction of sp³-hybridized carbons (Fsp3) is 0.692. The second kappa shape index (κ2) is 6.07. The van der Waals surface area contributed by atoms with Crippen molar-refractivity contribution in [3.05, 3.63) is 17.0 Å². The minimum absolute atomic E-state index is 0.349. The van der Waals surface area contributed by atoms with Crippen molar-refractivity contribution in [2.45, 2.75) is 44.5 Å². The Bertz CT molecular complexity index is 411. The van der Waals surface area contributed by atoms with E-state index in [-0.39, 0.29) is 0 Å². The van der Waals surface area contributed by atoms with Gasteiger partial charge in [0.25, 0.3) is 0 Å². The summed E-state index contributed by atoms with van der Waals surface area (Å²) in [7, 11) is 2.08. The molecule has 0 amide bonds. The first-order chi connectivity index (χ1) is 8.63. The van der Waals surface area contributed by atoms with Crippen LogP contribution in [0.15, 0.2) is 6.33 Å². The zero-order valence-electron chi connectivity index (χ0n) is 10.9. The number of aromatic nitrogens is 2. The second-order valence-electron chi connectivity index (χ2n) is 5.14. The predicted octanol–water partition coefficient (Wildman–Crippen LogP) is 3.88. The van der Waals surface area contributed by atoms with Crippen molar-refractivity contribution in [3.63, 3.8) is 0 Å². The molecule has 0 N–H and O–H groups in total. The average molecular weight is 288 g/mol. The highest BCUT2D eigenvalue weighted by Gasteiger charge is 2.25. The topological polar surface area (TPSA) is 29.0 Å². The van der Waals surface area contributed by atoms with Gasteiger partial charge in [0.2, 0.25) is 0 Å². The van der Waals surface area contributed by atoms with Gasteiger partial charge in [-0.3, -0.25) is 0 Å². The van der Waals surface area contributed by atoms with Gasteiger partial charge in [0.15, 0.2) is 0 Å². The summed E-state index contributed by atoms with van der Waals surface area (Å²) in [4.78, 5) is 10.6. The summed E-state index contributed by atoms with van der Waals surface area (Å²) >= 11 is 12.0. The molecule has 1 aliphatic rings. The van der Waals surface area contributed by atoms with Crippen LogP contribution < -0.4 is 4.90 Å². The first-order valence-corrected chi connectivity index (χ1v) is 7.33. The molecule has 0 saturated heterocycles. The summed E-state index contributed by atoms with van der Waals surface area (Å²) in [5, 5.41) is 0.464. The molecule has 1 aromatic rings. The lowest BCUT2D eigenvalue weighted by molar-refractivity contribution is 0.335. The van der Waals surface area contributed by atoms with Crippen LogP contribution in [0, 0.1) is 5.92 Å². The Balaban J connectivity index is 2.22. The lowest BCUT2D eigenvalue weighted by Crippen LogP contribution is -2.36. The first-order valence-electron chi connectivity index (χ1n) is 6.41. The van der Waals surface area contributed by atoms with Gasteiger partial charge >= 0.3 is 0 Å². The molecule has 0 spiro atoms. The first kappa shape index (κ1) is 13.9. The van der Waals surface area contributed by atoms with Gasteiger partial charge in [-0.2, -0.15) is 0 Å². The molecule has 2 rings (SSSR count). The van der Waals surface area contributed by atoms with E-state index in [1.807, 2.05) is 0 Å². The SMILES string of the molecule is CC1CCCC(N(C)c2ncnc(Cl)c2CCl)C1. The quantitative estimate of drug-likeness (QED) is 0.624. The molecule has 2 atom stereocenters. The number of alkyl halides is 1. The van der Waals surface area contributed by atoms with Crippen LogP contribution in [0.3, 0.4) is 0 Å².